The first kappa shape index (κ1) is 7.27. The van der Waals surface area contributed by atoms with Gasteiger partial charge in [-0.1, -0.05) is 0 Å². The molecule has 1 saturated heterocycles. The highest BCUT2D eigenvalue weighted by Crippen LogP contribution is 2.14. The second kappa shape index (κ2) is 2.42. The number of rotatable bonds is 1. The molecule has 4 nitrogen and oxygen atoms in total. The molecule has 1 heterocycles. The molecule has 1 rings (SSSR count). The van der Waals surface area contributed by atoms with Gasteiger partial charge in [0, 0.05) is 23.6 Å². The van der Waals surface area contributed by atoms with E-state index in [1.54, 1.807) is 0 Å². The molecule has 9 heavy (non-hydrogen) atoms. The van der Waals surface area contributed by atoms with Crippen molar-refractivity contribution < 1.29 is 13.3 Å². The van der Waals surface area contributed by atoms with E-state index in [1.807, 2.05) is 0 Å². The van der Waals surface area contributed by atoms with Gasteiger partial charge in [-0.15, -0.1) is 0 Å². The standard InChI is InChI=1S/C3H6ClNO3S/c4-9(6,7)3-1-2-5-8-3/h3,5H,1-2H2/t3-/m0/s1. The highest BCUT2D eigenvalue weighted by atomic mass is 35.7. The minimum Gasteiger partial charge on any atom is -0.281 e. The fourth-order valence-corrected chi connectivity index (χ4v) is 1.54. The SMILES string of the molecule is O=S(=O)(Cl)[C@H]1CCNO1. The topological polar surface area (TPSA) is 55.4 Å². The molecular weight excluding hydrogens is 166 g/mol. The third-order valence-corrected chi connectivity index (χ3v) is 2.57. The van der Waals surface area contributed by atoms with Crippen molar-refractivity contribution in [2.75, 3.05) is 6.54 Å². The quantitative estimate of drug-likeness (QED) is 0.556. The van der Waals surface area contributed by atoms with Crippen LogP contribution in [0.1, 0.15) is 6.42 Å². The Balaban J connectivity index is 2.63. The molecule has 1 N–H and O–H groups in total. The van der Waals surface area contributed by atoms with Gasteiger partial charge in [-0.2, -0.15) is 0 Å². The summed E-state index contributed by atoms with van der Waals surface area (Å²) < 4.78 is 20.9. The molecule has 1 fully saturated rings. The summed E-state index contributed by atoms with van der Waals surface area (Å²) in [5.41, 5.74) is 1.55. The van der Waals surface area contributed by atoms with Crippen molar-refractivity contribution in [3.63, 3.8) is 0 Å². The van der Waals surface area contributed by atoms with E-state index >= 15 is 0 Å². The second-order valence-electron chi connectivity index (χ2n) is 1.71. The molecule has 0 spiro atoms. The summed E-state index contributed by atoms with van der Waals surface area (Å²) in [4.78, 5) is 4.55. The molecule has 0 saturated carbocycles. The van der Waals surface area contributed by atoms with Crippen LogP contribution in [0.3, 0.4) is 0 Å². The van der Waals surface area contributed by atoms with Gasteiger partial charge >= 0.3 is 0 Å². The Morgan fingerprint density at radius 3 is 2.56 bits per heavy atom. The highest BCUT2D eigenvalue weighted by Gasteiger charge is 2.27. The lowest BCUT2D eigenvalue weighted by Crippen LogP contribution is -2.16. The summed E-state index contributed by atoms with van der Waals surface area (Å²) in [6, 6.07) is 0. The zero-order valence-electron chi connectivity index (χ0n) is 4.50. The van der Waals surface area contributed by atoms with Crippen LogP contribution in [0.5, 0.6) is 0 Å². The van der Waals surface area contributed by atoms with Crippen LogP contribution in [0.25, 0.3) is 0 Å². The van der Waals surface area contributed by atoms with E-state index in [0.29, 0.717) is 13.0 Å². The molecule has 0 radical (unpaired) electrons. The van der Waals surface area contributed by atoms with E-state index in [0.717, 1.165) is 0 Å². The highest BCUT2D eigenvalue weighted by molar-refractivity contribution is 8.14. The molecule has 0 aromatic heterocycles. The van der Waals surface area contributed by atoms with E-state index in [9.17, 15) is 8.42 Å². The van der Waals surface area contributed by atoms with E-state index in [1.165, 1.54) is 0 Å². The molecule has 0 unspecified atom stereocenters. The van der Waals surface area contributed by atoms with Gasteiger partial charge in [0.05, 0.1) is 0 Å². The van der Waals surface area contributed by atoms with Crippen molar-refractivity contribution in [3.8, 4) is 0 Å². The van der Waals surface area contributed by atoms with Crippen LogP contribution in [0.4, 0.5) is 0 Å². The van der Waals surface area contributed by atoms with Gasteiger partial charge in [0.15, 0.2) is 5.44 Å². The van der Waals surface area contributed by atoms with Crippen LogP contribution in [0.2, 0.25) is 0 Å². The summed E-state index contributed by atoms with van der Waals surface area (Å²) in [6.07, 6.45) is 0.422. The summed E-state index contributed by atoms with van der Waals surface area (Å²) in [5, 5.41) is 0. The molecule has 6 heteroatoms. The first-order valence-electron chi connectivity index (χ1n) is 2.42. The molecule has 0 aromatic rings. The summed E-state index contributed by atoms with van der Waals surface area (Å²) in [7, 11) is 1.43. The lowest BCUT2D eigenvalue weighted by Gasteiger charge is -2.00. The van der Waals surface area contributed by atoms with Crippen LogP contribution in [-0.2, 0) is 13.9 Å². The zero-order chi connectivity index (χ0) is 6.91. The van der Waals surface area contributed by atoms with Gasteiger partial charge in [-0.3, -0.25) is 4.84 Å². The Bertz CT molecular complexity index is 183. The number of hydrogen-bond acceptors (Lipinski definition) is 4. The van der Waals surface area contributed by atoms with Crippen LogP contribution < -0.4 is 5.48 Å². The van der Waals surface area contributed by atoms with Crippen LogP contribution >= 0.6 is 10.7 Å². The summed E-state index contributed by atoms with van der Waals surface area (Å²) in [6.45, 7) is 0.538. The Morgan fingerprint density at radius 2 is 2.33 bits per heavy atom. The Hall–Kier alpha value is 0.160. The predicted molar refractivity (Wildman–Crippen MR) is 32.3 cm³/mol. The second-order valence-corrected chi connectivity index (χ2v) is 4.47. The summed E-state index contributed by atoms with van der Waals surface area (Å²) >= 11 is 0. The van der Waals surface area contributed by atoms with Gasteiger partial charge in [0.2, 0.25) is 0 Å². The average molecular weight is 172 g/mol. The first-order valence-corrected chi connectivity index (χ1v) is 4.80. The lowest BCUT2D eigenvalue weighted by atomic mass is 10.5. The lowest BCUT2D eigenvalue weighted by molar-refractivity contribution is 0.0786. The maximum Gasteiger partial charge on any atom is 0.261 e. The van der Waals surface area contributed by atoms with E-state index in [4.69, 9.17) is 10.7 Å². The van der Waals surface area contributed by atoms with Crippen molar-refractivity contribution in [2.45, 2.75) is 11.9 Å². The van der Waals surface area contributed by atoms with E-state index < -0.39 is 14.5 Å². The molecular formula is C3H6ClNO3S. The molecule has 0 aliphatic carbocycles. The number of hydrogen-bond donors (Lipinski definition) is 1. The van der Waals surface area contributed by atoms with Crippen LogP contribution in [-0.4, -0.2) is 20.4 Å². The van der Waals surface area contributed by atoms with Crippen LogP contribution in [0.15, 0.2) is 0 Å². The third kappa shape index (κ3) is 1.79. The van der Waals surface area contributed by atoms with E-state index in [-0.39, 0.29) is 0 Å². The van der Waals surface area contributed by atoms with Gasteiger partial charge < -0.3 is 0 Å². The largest absolute Gasteiger partial charge is 0.281 e. The molecule has 0 amide bonds. The Kier molecular flexibility index (Phi) is 1.95. The van der Waals surface area contributed by atoms with Crippen molar-refractivity contribution in [2.24, 2.45) is 0 Å². The molecule has 0 bridgehead atoms. The van der Waals surface area contributed by atoms with Crippen molar-refractivity contribution in [1.29, 1.82) is 0 Å². The number of nitrogens with one attached hydrogen (secondary N) is 1. The molecule has 0 aromatic carbocycles. The van der Waals surface area contributed by atoms with E-state index in [2.05, 4.69) is 10.3 Å². The fraction of sp³-hybridized carbons (Fsp3) is 1.00. The number of hydroxylamine groups is 1. The maximum absolute atomic E-state index is 10.4. The van der Waals surface area contributed by atoms with Crippen molar-refractivity contribution in [1.82, 2.24) is 5.48 Å². The average Bonchev–Trinajstić information content (AvgIpc) is 2.08. The van der Waals surface area contributed by atoms with Crippen molar-refractivity contribution >= 4 is 19.7 Å². The maximum atomic E-state index is 10.4. The van der Waals surface area contributed by atoms with Gasteiger partial charge in [-0.25, -0.2) is 13.9 Å². The normalized spacial score (nSPS) is 28.8. The monoisotopic (exact) mass is 171 g/mol. The smallest absolute Gasteiger partial charge is 0.261 e. The first-order chi connectivity index (χ1) is 4.11. The Labute approximate surface area is 57.5 Å². The molecule has 54 valence electrons. The van der Waals surface area contributed by atoms with Gasteiger partial charge in [0.1, 0.15) is 0 Å². The fourth-order valence-electron chi connectivity index (χ4n) is 0.586. The minimum atomic E-state index is -3.52. The molecule has 1 aliphatic rings. The third-order valence-electron chi connectivity index (χ3n) is 1.01. The van der Waals surface area contributed by atoms with Crippen molar-refractivity contribution in [3.05, 3.63) is 0 Å². The van der Waals surface area contributed by atoms with Gasteiger partial charge in [0.25, 0.3) is 9.05 Å². The minimum absolute atomic E-state index is 0.422. The number of halogens is 1. The predicted octanol–water partition coefficient (Wildman–Crippen LogP) is -0.194. The summed E-state index contributed by atoms with van der Waals surface area (Å²) in [5.74, 6) is 0. The van der Waals surface area contributed by atoms with Gasteiger partial charge in [-0.05, 0) is 0 Å². The molecule has 1 aliphatic heterocycles. The zero-order valence-corrected chi connectivity index (χ0v) is 6.07. The molecule has 1 atom stereocenters. The van der Waals surface area contributed by atoms with Crippen LogP contribution in [0, 0.1) is 0 Å². The Morgan fingerprint density at radius 1 is 1.67 bits per heavy atom.